The number of hydrogen-bond acceptors (Lipinski definition) is 7. The molecule has 0 saturated carbocycles. The summed E-state index contributed by atoms with van der Waals surface area (Å²) in [5.74, 6) is 2.49. The lowest BCUT2D eigenvalue weighted by atomic mass is 9.97. The number of amides is 2. The minimum Gasteiger partial charge on any atom is -0.381 e. The molecule has 5 rings (SSSR count). The van der Waals surface area contributed by atoms with Crippen molar-refractivity contribution in [1.29, 1.82) is 0 Å². The molecule has 1 aromatic heterocycles. The van der Waals surface area contributed by atoms with Crippen LogP contribution in [0.2, 0.25) is 0 Å². The molecular formula is C27H38N6O3. The Kier molecular flexibility index (Phi) is 7.99. The van der Waals surface area contributed by atoms with E-state index in [4.69, 9.17) is 19.4 Å². The maximum absolute atomic E-state index is 11.9. The molecular weight excluding hydrogens is 456 g/mol. The van der Waals surface area contributed by atoms with E-state index in [0.29, 0.717) is 25.7 Å². The van der Waals surface area contributed by atoms with Gasteiger partial charge in [-0.2, -0.15) is 0 Å². The van der Waals surface area contributed by atoms with Crippen molar-refractivity contribution in [3.63, 3.8) is 0 Å². The van der Waals surface area contributed by atoms with Crippen LogP contribution in [0.3, 0.4) is 0 Å². The van der Waals surface area contributed by atoms with Gasteiger partial charge < -0.3 is 25.0 Å². The van der Waals surface area contributed by atoms with Crippen LogP contribution in [0.1, 0.15) is 37.9 Å². The van der Waals surface area contributed by atoms with Crippen LogP contribution in [0.25, 0.3) is 11.4 Å². The van der Waals surface area contributed by atoms with E-state index in [1.54, 1.807) is 0 Å². The van der Waals surface area contributed by atoms with Crippen LogP contribution in [-0.4, -0.2) is 79.5 Å². The molecule has 2 amide bonds. The molecule has 0 aliphatic carbocycles. The molecule has 0 radical (unpaired) electrons. The van der Waals surface area contributed by atoms with Crippen LogP contribution in [0.15, 0.2) is 24.3 Å². The van der Waals surface area contributed by atoms with Crippen molar-refractivity contribution in [2.75, 3.05) is 62.8 Å². The van der Waals surface area contributed by atoms with Crippen LogP contribution in [0, 0.1) is 5.92 Å². The number of urea groups is 1. The van der Waals surface area contributed by atoms with E-state index in [-0.39, 0.29) is 12.1 Å². The van der Waals surface area contributed by atoms with E-state index in [2.05, 4.69) is 27.4 Å². The molecule has 9 heteroatoms. The maximum atomic E-state index is 11.9. The standard InChI is InChI=1S/C27H38N6O3/c1-3-28-27(34)29-22-6-4-21(5-7-22)25-30-24-17-32(16-20-9-13-35-14-10-20)11-8-23(24)26(31-25)33-12-15-36-18-19(33)2/h4-7,19-20H,3,8-18H2,1-2H3,(H2,28,29,34)/t19-/m0/s1. The molecule has 3 aliphatic rings. The highest BCUT2D eigenvalue weighted by Crippen LogP contribution is 2.32. The van der Waals surface area contributed by atoms with Gasteiger partial charge in [0.15, 0.2) is 5.82 Å². The number of carbonyl (C=O) groups is 1. The summed E-state index contributed by atoms with van der Waals surface area (Å²) in [5, 5.41) is 5.61. The largest absolute Gasteiger partial charge is 0.381 e. The first-order valence-corrected chi connectivity index (χ1v) is 13.3. The average Bonchev–Trinajstić information content (AvgIpc) is 2.89. The summed E-state index contributed by atoms with van der Waals surface area (Å²) in [6, 6.07) is 7.85. The lowest BCUT2D eigenvalue weighted by Crippen LogP contribution is -2.45. The molecule has 2 saturated heterocycles. The lowest BCUT2D eigenvalue weighted by molar-refractivity contribution is 0.0503. The Labute approximate surface area is 213 Å². The second-order valence-corrected chi connectivity index (χ2v) is 10.0. The minimum atomic E-state index is -0.205. The lowest BCUT2D eigenvalue weighted by Gasteiger charge is -2.38. The van der Waals surface area contributed by atoms with E-state index in [9.17, 15) is 4.79 Å². The molecule has 2 aromatic rings. The Morgan fingerprint density at radius 1 is 1.08 bits per heavy atom. The minimum absolute atomic E-state index is 0.205. The summed E-state index contributed by atoms with van der Waals surface area (Å²) in [6.45, 7) is 11.7. The van der Waals surface area contributed by atoms with Gasteiger partial charge in [0, 0.05) is 62.8 Å². The van der Waals surface area contributed by atoms with Crippen molar-refractivity contribution in [3.8, 4) is 11.4 Å². The van der Waals surface area contributed by atoms with Gasteiger partial charge in [0.2, 0.25) is 0 Å². The van der Waals surface area contributed by atoms with Gasteiger partial charge in [-0.3, -0.25) is 4.90 Å². The first kappa shape index (κ1) is 24.9. The van der Waals surface area contributed by atoms with Gasteiger partial charge in [0.1, 0.15) is 5.82 Å². The zero-order chi connectivity index (χ0) is 24.9. The van der Waals surface area contributed by atoms with Gasteiger partial charge in [-0.25, -0.2) is 14.8 Å². The van der Waals surface area contributed by atoms with Gasteiger partial charge >= 0.3 is 6.03 Å². The van der Waals surface area contributed by atoms with Crippen molar-refractivity contribution in [2.24, 2.45) is 5.92 Å². The number of carbonyl (C=O) groups excluding carboxylic acids is 1. The van der Waals surface area contributed by atoms with Gasteiger partial charge in [0.05, 0.1) is 24.9 Å². The SMILES string of the molecule is CCNC(=O)Nc1ccc(-c2nc3c(c(N4CCOC[C@@H]4C)n2)CCN(CC2CCOCC2)C3)cc1. The van der Waals surface area contributed by atoms with Gasteiger partial charge in [-0.05, 0) is 63.3 Å². The van der Waals surface area contributed by atoms with Crippen LogP contribution >= 0.6 is 0 Å². The Balaban J connectivity index is 1.42. The van der Waals surface area contributed by atoms with Gasteiger partial charge in [-0.1, -0.05) is 0 Å². The molecule has 9 nitrogen and oxygen atoms in total. The molecule has 0 bridgehead atoms. The Morgan fingerprint density at radius 3 is 2.64 bits per heavy atom. The van der Waals surface area contributed by atoms with Crippen LogP contribution in [0.4, 0.5) is 16.3 Å². The summed E-state index contributed by atoms with van der Waals surface area (Å²) in [5.41, 5.74) is 4.11. The topological polar surface area (TPSA) is 91.9 Å². The molecule has 1 aromatic carbocycles. The van der Waals surface area contributed by atoms with E-state index < -0.39 is 0 Å². The van der Waals surface area contributed by atoms with Crippen molar-refractivity contribution in [1.82, 2.24) is 20.2 Å². The number of ether oxygens (including phenoxy) is 2. The molecule has 2 fully saturated rings. The Hall–Kier alpha value is -2.75. The predicted octanol–water partition coefficient (Wildman–Crippen LogP) is 3.29. The number of hydrogen-bond donors (Lipinski definition) is 2. The van der Waals surface area contributed by atoms with Gasteiger partial charge in [-0.15, -0.1) is 0 Å². The van der Waals surface area contributed by atoms with Crippen molar-refractivity contribution in [2.45, 2.75) is 45.7 Å². The fourth-order valence-electron chi connectivity index (χ4n) is 5.36. The molecule has 0 unspecified atom stereocenters. The molecule has 0 spiro atoms. The quantitative estimate of drug-likeness (QED) is 0.637. The van der Waals surface area contributed by atoms with Gasteiger partial charge in [0.25, 0.3) is 0 Å². The summed E-state index contributed by atoms with van der Waals surface area (Å²) in [7, 11) is 0. The highest BCUT2D eigenvalue weighted by Gasteiger charge is 2.30. The average molecular weight is 495 g/mol. The van der Waals surface area contributed by atoms with Crippen molar-refractivity contribution < 1.29 is 14.3 Å². The van der Waals surface area contributed by atoms with E-state index >= 15 is 0 Å². The van der Waals surface area contributed by atoms with E-state index in [0.717, 1.165) is 87.2 Å². The molecule has 2 N–H and O–H groups in total. The summed E-state index contributed by atoms with van der Waals surface area (Å²) < 4.78 is 11.3. The Bertz CT molecular complexity index is 1040. The van der Waals surface area contributed by atoms with Crippen LogP contribution in [0.5, 0.6) is 0 Å². The predicted molar refractivity (Wildman–Crippen MR) is 140 cm³/mol. The first-order valence-electron chi connectivity index (χ1n) is 13.3. The number of morpholine rings is 1. The normalized spacial score (nSPS) is 21.2. The second kappa shape index (κ2) is 11.5. The molecule has 36 heavy (non-hydrogen) atoms. The molecule has 3 aliphatic heterocycles. The third kappa shape index (κ3) is 5.79. The van der Waals surface area contributed by atoms with E-state index in [1.807, 2.05) is 31.2 Å². The van der Waals surface area contributed by atoms with Crippen LogP contribution < -0.4 is 15.5 Å². The fourth-order valence-corrected chi connectivity index (χ4v) is 5.36. The molecule has 1 atom stereocenters. The number of benzene rings is 1. The molecule has 4 heterocycles. The number of nitrogens with zero attached hydrogens (tertiary/aromatic N) is 4. The number of fused-ring (bicyclic) bond motifs is 1. The van der Waals surface area contributed by atoms with Crippen molar-refractivity contribution >= 4 is 17.5 Å². The number of aromatic nitrogens is 2. The smallest absolute Gasteiger partial charge is 0.319 e. The number of nitrogens with one attached hydrogen (secondary N) is 2. The maximum Gasteiger partial charge on any atom is 0.319 e. The van der Waals surface area contributed by atoms with Crippen LogP contribution in [-0.2, 0) is 22.4 Å². The molecule has 194 valence electrons. The zero-order valence-corrected chi connectivity index (χ0v) is 21.5. The summed E-state index contributed by atoms with van der Waals surface area (Å²) >= 11 is 0. The monoisotopic (exact) mass is 494 g/mol. The summed E-state index contributed by atoms with van der Waals surface area (Å²) in [4.78, 5) is 27.0. The fraction of sp³-hybridized carbons (Fsp3) is 0.593. The Morgan fingerprint density at radius 2 is 1.89 bits per heavy atom. The third-order valence-corrected chi connectivity index (χ3v) is 7.36. The number of rotatable bonds is 6. The third-order valence-electron chi connectivity index (χ3n) is 7.36. The number of anilines is 2. The van der Waals surface area contributed by atoms with Crippen molar-refractivity contribution in [3.05, 3.63) is 35.5 Å². The zero-order valence-electron chi connectivity index (χ0n) is 21.5. The first-order chi connectivity index (χ1) is 17.6. The highest BCUT2D eigenvalue weighted by molar-refractivity contribution is 5.89. The highest BCUT2D eigenvalue weighted by atomic mass is 16.5. The summed E-state index contributed by atoms with van der Waals surface area (Å²) in [6.07, 6.45) is 3.25. The van der Waals surface area contributed by atoms with E-state index in [1.165, 1.54) is 5.56 Å². The second-order valence-electron chi connectivity index (χ2n) is 10.0.